The van der Waals surface area contributed by atoms with Crippen LogP contribution in [0.5, 0.6) is 0 Å². The Morgan fingerprint density at radius 2 is 2.36 bits per heavy atom. The van der Waals surface area contributed by atoms with Crippen LogP contribution in [0.15, 0.2) is 23.1 Å². The van der Waals surface area contributed by atoms with Crippen molar-refractivity contribution in [1.82, 2.24) is 10.5 Å². The zero-order chi connectivity index (χ0) is 8.48. The first-order chi connectivity index (χ1) is 4.99. The number of hydroxylamine groups is 2. The molecule has 1 aliphatic heterocycles. The van der Waals surface area contributed by atoms with Gasteiger partial charge in [-0.25, -0.2) is 9.76 Å². The van der Waals surface area contributed by atoms with E-state index in [-0.39, 0.29) is 4.49 Å². The Morgan fingerprint density at radius 1 is 1.73 bits per heavy atom. The molecule has 0 aromatic rings. The van der Waals surface area contributed by atoms with E-state index >= 15 is 0 Å². The van der Waals surface area contributed by atoms with Crippen LogP contribution in [0, 0.1) is 5.21 Å². The largest absolute Gasteiger partial charge is 0.606 e. The lowest BCUT2D eigenvalue weighted by Crippen LogP contribution is -2.46. The summed E-state index contributed by atoms with van der Waals surface area (Å²) in [5.74, 6) is 0. The third-order valence-electron chi connectivity index (χ3n) is 1.06. The van der Waals surface area contributed by atoms with Crippen LogP contribution in [0.1, 0.15) is 0 Å². The Morgan fingerprint density at radius 3 is 2.73 bits per heavy atom. The summed E-state index contributed by atoms with van der Waals surface area (Å²) < 4.78 is -0.582. The molecule has 0 spiro atoms. The van der Waals surface area contributed by atoms with Gasteiger partial charge in [0.2, 0.25) is 0 Å². The predicted molar refractivity (Wildman–Crippen MR) is 43.5 cm³/mol. The van der Waals surface area contributed by atoms with Crippen LogP contribution in [-0.4, -0.2) is 16.8 Å². The van der Waals surface area contributed by atoms with Crippen molar-refractivity contribution >= 4 is 23.2 Å². The molecule has 0 fully saturated rings. The summed E-state index contributed by atoms with van der Waals surface area (Å²) in [6.45, 7) is 0. The van der Waals surface area contributed by atoms with Crippen molar-refractivity contribution in [1.29, 1.82) is 0 Å². The average molecular weight is 196 g/mol. The van der Waals surface area contributed by atoms with Gasteiger partial charge < -0.3 is 5.21 Å². The fourth-order valence-electron chi connectivity index (χ4n) is 0.672. The minimum Gasteiger partial charge on any atom is -0.606 e. The number of hydrogen-bond donors (Lipinski definition) is 1. The van der Waals surface area contributed by atoms with Crippen molar-refractivity contribution in [2.24, 2.45) is 0 Å². The molecule has 1 rings (SSSR count). The first-order valence-electron chi connectivity index (χ1n) is 2.85. The highest BCUT2D eigenvalue weighted by Crippen LogP contribution is 2.12. The molecule has 0 saturated heterocycles. The Kier molecular flexibility index (Phi) is 2.41. The minimum absolute atomic E-state index is 0.0871. The van der Waals surface area contributed by atoms with Crippen molar-refractivity contribution in [3.63, 3.8) is 0 Å². The number of nitrogens with zero attached hydrogens (tertiary/aromatic N) is 2. The van der Waals surface area contributed by atoms with Crippen LogP contribution in [0.4, 0.5) is 0 Å². The van der Waals surface area contributed by atoms with E-state index in [2.05, 4.69) is 5.53 Å². The Balaban J connectivity index is 2.58. The zero-order valence-electron chi connectivity index (χ0n) is 5.79. The monoisotopic (exact) mass is 195 g/mol. The molecule has 6 heteroatoms. The van der Waals surface area contributed by atoms with Crippen molar-refractivity contribution in [3.8, 4) is 0 Å². The molecule has 1 unspecified atom stereocenters. The quantitative estimate of drug-likeness (QED) is 0.509. The van der Waals surface area contributed by atoms with E-state index in [4.69, 9.17) is 23.2 Å². The second-order valence-corrected chi connectivity index (χ2v) is 3.22. The Bertz CT molecular complexity index is 210. The normalized spacial score (nSPS) is 29.3. The molecule has 0 amide bonds. The number of hydrogen-bond acceptors (Lipinski definition) is 3. The van der Waals surface area contributed by atoms with Crippen LogP contribution in [-0.2, 0) is 0 Å². The molecule has 11 heavy (non-hydrogen) atoms. The highest BCUT2D eigenvalue weighted by atomic mass is 35.5. The summed E-state index contributed by atoms with van der Waals surface area (Å²) >= 11 is 10.7. The van der Waals surface area contributed by atoms with Gasteiger partial charge >= 0.3 is 0 Å². The van der Waals surface area contributed by atoms with Crippen LogP contribution in [0.25, 0.3) is 0 Å². The Labute approximate surface area is 74.4 Å². The highest BCUT2D eigenvalue weighted by molar-refractivity contribution is 6.55. The molecule has 1 heterocycles. The first-order valence-corrected chi connectivity index (χ1v) is 3.61. The van der Waals surface area contributed by atoms with E-state index in [1.807, 2.05) is 0 Å². The molecule has 4 nitrogen and oxygen atoms in total. The van der Waals surface area contributed by atoms with Crippen LogP contribution in [0.2, 0.25) is 0 Å². The van der Waals surface area contributed by atoms with Gasteiger partial charge in [0.15, 0.2) is 0 Å². The number of halogens is 2. The maximum absolute atomic E-state index is 11.1. The van der Waals surface area contributed by atoms with E-state index in [1.165, 1.54) is 30.7 Å². The fourth-order valence-corrected chi connectivity index (χ4v) is 0.882. The average Bonchev–Trinajstić information content (AvgIpc) is 2.08. The van der Waals surface area contributed by atoms with E-state index in [0.717, 1.165) is 0 Å². The van der Waals surface area contributed by atoms with Crippen molar-refractivity contribution in [2.75, 3.05) is 7.05 Å². The number of hydrazine groups is 1. The van der Waals surface area contributed by atoms with Gasteiger partial charge in [-0.3, -0.25) is 0 Å². The zero-order valence-corrected chi connectivity index (χ0v) is 7.30. The lowest BCUT2D eigenvalue weighted by molar-refractivity contribution is -0.861. The molecular weight excluding hydrogens is 189 g/mol. The molecule has 1 aliphatic rings. The molecule has 1 N–H and O–H groups in total. The van der Waals surface area contributed by atoms with E-state index < -0.39 is 4.76 Å². The third-order valence-corrected chi connectivity index (χ3v) is 1.26. The lowest BCUT2D eigenvalue weighted by atomic mass is 10.8. The number of rotatable bonds is 1. The molecule has 0 aromatic carbocycles. The van der Waals surface area contributed by atoms with Gasteiger partial charge in [0.25, 0.3) is 0 Å². The SMILES string of the molecule is C[N+]1([O-])C=CN(C=C(Cl)Cl)N1. The standard InChI is InChI=1S/C5H7Cl2N3O/c1-10(11)3-2-9(8-10)4-5(6)7/h2-4,8H,1H3. The van der Waals surface area contributed by atoms with Gasteiger partial charge in [-0.2, -0.15) is 0 Å². The van der Waals surface area contributed by atoms with Crippen molar-refractivity contribution in [3.05, 3.63) is 28.3 Å². The second-order valence-electron chi connectivity index (χ2n) is 2.21. The summed E-state index contributed by atoms with van der Waals surface area (Å²) in [5, 5.41) is 12.5. The molecule has 0 saturated carbocycles. The van der Waals surface area contributed by atoms with Gasteiger partial charge in [0.1, 0.15) is 10.7 Å². The number of nitrogens with one attached hydrogen (secondary N) is 1. The van der Waals surface area contributed by atoms with Crippen LogP contribution >= 0.6 is 23.2 Å². The predicted octanol–water partition coefficient (Wildman–Crippen LogP) is 1.41. The highest BCUT2D eigenvalue weighted by Gasteiger charge is 2.16. The molecule has 0 aromatic heterocycles. The summed E-state index contributed by atoms with van der Waals surface area (Å²) in [4.78, 5) is 0. The molecule has 62 valence electrons. The molecule has 1 atom stereocenters. The van der Waals surface area contributed by atoms with Gasteiger partial charge in [0, 0.05) is 0 Å². The summed E-state index contributed by atoms with van der Waals surface area (Å²) in [5.41, 5.74) is 2.52. The van der Waals surface area contributed by atoms with Gasteiger partial charge in [-0.1, -0.05) is 28.7 Å². The fraction of sp³-hybridized carbons (Fsp3) is 0.200. The van der Waals surface area contributed by atoms with E-state index in [9.17, 15) is 5.21 Å². The maximum atomic E-state index is 11.1. The maximum Gasteiger partial charge on any atom is 0.135 e. The summed E-state index contributed by atoms with van der Waals surface area (Å²) in [6.07, 6.45) is 4.34. The van der Waals surface area contributed by atoms with E-state index in [1.54, 1.807) is 0 Å². The number of quaternary nitrogens is 1. The van der Waals surface area contributed by atoms with Gasteiger partial charge in [0.05, 0.1) is 19.4 Å². The lowest BCUT2D eigenvalue weighted by Gasteiger charge is -2.30. The third kappa shape index (κ3) is 2.69. The van der Waals surface area contributed by atoms with Crippen LogP contribution in [0.3, 0.4) is 0 Å². The first kappa shape index (κ1) is 8.83. The topological polar surface area (TPSA) is 38.3 Å². The molecule has 0 aliphatic carbocycles. The molecule has 0 bridgehead atoms. The minimum atomic E-state index is -0.669. The smallest absolute Gasteiger partial charge is 0.135 e. The Hall–Kier alpha value is -0.260. The van der Waals surface area contributed by atoms with Crippen molar-refractivity contribution in [2.45, 2.75) is 0 Å². The summed E-state index contributed by atoms with van der Waals surface area (Å²) in [6, 6.07) is 0. The van der Waals surface area contributed by atoms with E-state index in [0.29, 0.717) is 0 Å². The van der Waals surface area contributed by atoms with Crippen molar-refractivity contribution < 1.29 is 4.76 Å². The second kappa shape index (κ2) is 3.00. The summed E-state index contributed by atoms with van der Waals surface area (Å²) in [7, 11) is 1.44. The van der Waals surface area contributed by atoms with Gasteiger partial charge in [-0.05, 0) is 0 Å². The molecule has 0 radical (unpaired) electrons. The van der Waals surface area contributed by atoms with Crippen LogP contribution < -0.4 is 5.53 Å². The molecular formula is C5H7Cl2N3O. The van der Waals surface area contributed by atoms with Gasteiger partial charge in [-0.15, -0.1) is 0 Å².